The second-order valence-corrected chi connectivity index (χ2v) is 11.7. The van der Waals surface area contributed by atoms with Gasteiger partial charge in [0.05, 0.1) is 16.4 Å². The van der Waals surface area contributed by atoms with E-state index < -0.39 is 73.9 Å². The number of nitrogens with zero attached hydrogens (tertiary/aromatic N) is 3. The number of alkyl halides is 4. The molecule has 3 aromatic rings. The lowest BCUT2D eigenvalue weighted by molar-refractivity contribution is -0.383. The van der Waals surface area contributed by atoms with Crippen LogP contribution in [0.5, 0.6) is 0 Å². The first kappa shape index (κ1) is 31.4. The number of aryl methyl sites for hydroxylation is 1. The number of nitro groups is 1. The van der Waals surface area contributed by atoms with Crippen molar-refractivity contribution in [3.8, 4) is 0 Å². The average molecular weight is 643 g/mol. The quantitative estimate of drug-likeness (QED) is 0.183. The van der Waals surface area contributed by atoms with E-state index in [1.54, 1.807) is 4.72 Å². The number of nitrogens with one attached hydrogen (secondary N) is 1. The summed E-state index contributed by atoms with van der Waals surface area (Å²) in [7, 11) is -4.80. The Bertz CT molecular complexity index is 1640. The number of anilines is 1. The van der Waals surface area contributed by atoms with Crippen LogP contribution in [0.2, 0.25) is 5.02 Å². The number of hydrogen-bond acceptors (Lipinski definition) is 7. The van der Waals surface area contributed by atoms with Crippen LogP contribution in [0, 0.1) is 28.7 Å². The highest BCUT2D eigenvalue weighted by Gasteiger charge is 2.43. The van der Waals surface area contributed by atoms with Crippen LogP contribution in [0.4, 0.5) is 42.5 Å². The lowest BCUT2D eigenvalue weighted by Gasteiger charge is -2.33. The first-order chi connectivity index (χ1) is 19.5. The van der Waals surface area contributed by atoms with Crippen molar-refractivity contribution >= 4 is 50.0 Å². The van der Waals surface area contributed by atoms with Gasteiger partial charge in [0.15, 0.2) is 11.6 Å². The van der Waals surface area contributed by atoms with Gasteiger partial charge in [-0.3, -0.25) is 19.7 Å². The Kier molecular flexibility index (Phi) is 8.67. The molecule has 1 fully saturated rings. The van der Waals surface area contributed by atoms with Gasteiger partial charge < -0.3 is 4.74 Å². The van der Waals surface area contributed by atoms with Gasteiger partial charge in [-0.15, -0.1) is 0 Å². The zero-order valence-corrected chi connectivity index (χ0v) is 23.0. The van der Waals surface area contributed by atoms with Gasteiger partial charge in [0.2, 0.25) is 0 Å². The van der Waals surface area contributed by atoms with Crippen LogP contribution in [0.15, 0.2) is 35.4 Å². The van der Waals surface area contributed by atoms with Crippen LogP contribution in [-0.2, 0) is 14.8 Å². The predicted molar refractivity (Wildman–Crippen MR) is 138 cm³/mol. The minimum Gasteiger partial charge on any atom is -0.445 e. The molecule has 1 aromatic heterocycles. The first-order valence-corrected chi connectivity index (χ1v) is 13.9. The maximum absolute atomic E-state index is 14.2. The number of sulfonamides is 1. The standard InChI is InChI=1S/C24H21ClF6N4O6S/c1-12-10-34(23(36)41-14-2-4-33(5-3-14)11-24(30,31)22(28)29)21-16(12)8-15(9-19(21)35(37)38)42(39,40)32-20-17(26)6-13(25)7-18(20)27/h6-10,14,22,32H,2-5,11H2,1H3. The molecule has 10 nitrogen and oxygen atoms in total. The van der Waals surface area contributed by atoms with Crippen LogP contribution < -0.4 is 4.72 Å². The molecule has 2 aromatic carbocycles. The Morgan fingerprint density at radius 2 is 1.79 bits per heavy atom. The highest BCUT2D eigenvalue weighted by Crippen LogP contribution is 2.35. The smallest absolute Gasteiger partial charge is 0.418 e. The largest absolute Gasteiger partial charge is 0.445 e. The molecule has 0 aliphatic carbocycles. The summed E-state index contributed by atoms with van der Waals surface area (Å²) in [6.07, 6.45) is -4.54. The molecule has 1 N–H and O–H groups in total. The van der Waals surface area contributed by atoms with Crippen molar-refractivity contribution in [2.45, 2.75) is 43.1 Å². The fourth-order valence-electron chi connectivity index (χ4n) is 4.50. The minimum atomic E-state index is -4.80. The van der Waals surface area contributed by atoms with Crippen LogP contribution in [0.25, 0.3) is 10.9 Å². The molecule has 0 radical (unpaired) electrons. The SMILES string of the molecule is Cc1cn(C(=O)OC2CCN(CC(F)(F)C(F)F)CC2)c2c([N+](=O)[O-])cc(S(=O)(=O)Nc3c(F)cc(Cl)cc3F)cc12. The number of benzene rings is 2. The van der Waals surface area contributed by atoms with E-state index in [0.29, 0.717) is 18.2 Å². The number of carbonyl (C=O) groups excluding carboxylic acids is 1. The molecular formula is C24H21ClF6N4O6S. The Morgan fingerprint density at radius 3 is 2.33 bits per heavy atom. The number of hydrogen-bond donors (Lipinski definition) is 1. The van der Waals surface area contributed by atoms with E-state index in [4.69, 9.17) is 16.3 Å². The second kappa shape index (κ2) is 11.6. The molecule has 0 spiro atoms. The van der Waals surface area contributed by atoms with E-state index in [1.807, 2.05) is 0 Å². The second-order valence-electron chi connectivity index (χ2n) is 9.55. The summed E-state index contributed by atoms with van der Waals surface area (Å²) >= 11 is 5.55. The van der Waals surface area contributed by atoms with E-state index in [2.05, 4.69) is 0 Å². The van der Waals surface area contributed by atoms with Crippen LogP contribution in [0.1, 0.15) is 18.4 Å². The van der Waals surface area contributed by atoms with Crippen molar-refractivity contribution in [3.63, 3.8) is 0 Å². The van der Waals surface area contributed by atoms with E-state index in [9.17, 15) is 49.7 Å². The molecule has 228 valence electrons. The number of piperidine rings is 1. The Hall–Kier alpha value is -3.57. The molecule has 2 heterocycles. The lowest BCUT2D eigenvalue weighted by Crippen LogP contribution is -2.46. The van der Waals surface area contributed by atoms with Gasteiger partial charge in [-0.1, -0.05) is 11.6 Å². The molecule has 0 amide bonds. The highest BCUT2D eigenvalue weighted by atomic mass is 35.5. The Labute approximate surface area is 239 Å². The molecule has 42 heavy (non-hydrogen) atoms. The van der Waals surface area contributed by atoms with Gasteiger partial charge in [0.25, 0.3) is 15.7 Å². The molecule has 4 rings (SSSR count). The lowest BCUT2D eigenvalue weighted by atomic mass is 10.1. The maximum atomic E-state index is 14.2. The van der Waals surface area contributed by atoms with Crippen molar-refractivity contribution in [1.82, 2.24) is 9.47 Å². The van der Waals surface area contributed by atoms with Crippen LogP contribution >= 0.6 is 11.6 Å². The van der Waals surface area contributed by atoms with Crippen molar-refractivity contribution in [2.75, 3.05) is 24.4 Å². The van der Waals surface area contributed by atoms with Gasteiger partial charge in [-0.05, 0) is 43.5 Å². The van der Waals surface area contributed by atoms with Gasteiger partial charge >= 0.3 is 18.4 Å². The van der Waals surface area contributed by atoms with Crippen molar-refractivity contribution in [2.24, 2.45) is 0 Å². The summed E-state index contributed by atoms with van der Waals surface area (Å²) in [6, 6.07) is 2.89. The fraction of sp³-hybridized carbons (Fsp3) is 0.375. The van der Waals surface area contributed by atoms with Gasteiger partial charge in [-0.2, -0.15) is 8.78 Å². The zero-order valence-electron chi connectivity index (χ0n) is 21.4. The fourth-order valence-corrected chi connectivity index (χ4v) is 5.81. The highest BCUT2D eigenvalue weighted by molar-refractivity contribution is 7.92. The monoisotopic (exact) mass is 642 g/mol. The Morgan fingerprint density at radius 1 is 1.19 bits per heavy atom. The third-order valence-corrected chi connectivity index (χ3v) is 8.10. The Balaban J connectivity index is 1.60. The number of halogens is 7. The number of aromatic nitrogens is 1. The molecule has 0 unspecified atom stereocenters. The summed E-state index contributed by atoms with van der Waals surface area (Å²) in [5.41, 5.74) is -2.04. The van der Waals surface area contributed by atoms with Crippen molar-refractivity contribution in [3.05, 3.63) is 62.8 Å². The van der Waals surface area contributed by atoms with Crippen LogP contribution in [0.3, 0.4) is 0 Å². The molecule has 1 saturated heterocycles. The van der Waals surface area contributed by atoms with Gasteiger partial charge in [-0.25, -0.2) is 35.3 Å². The van der Waals surface area contributed by atoms with Gasteiger partial charge in [0, 0.05) is 35.8 Å². The number of rotatable bonds is 8. The molecule has 1 aliphatic rings. The molecule has 18 heteroatoms. The third-order valence-electron chi connectivity index (χ3n) is 6.55. The van der Waals surface area contributed by atoms with E-state index in [-0.39, 0.29) is 47.4 Å². The minimum absolute atomic E-state index is 0.0250. The summed E-state index contributed by atoms with van der Waals surface area (Å²) in [5.74, 6) is -6.88. The third kappa shape index (κ3) is 6.42. The van der Waals surface area contributed by atoms with E-state index in [0.717, 1.165) is 21.7 Å². The van der Waals surface area contributed by atoms with Crippen molar-refractivity contribution in [1.29, 1.82) is 0 Å². The number of fused-ring (bicyclic) bond motifs is 1. The maximum Gasteiger partial charge on any atom is 0.418 e. The first-order valence-electron chi connectivity index (χ1n) is 12.1. The topological polar surface area (TPSA) is 124 Å². The predicted octanol–water partition coefficient (Wildman–Crippen LogP) is 5.94. The van der Waals surface area contributed by atoms with Crippen LogP contribution in [-0.4, -0.2) is 67.0 Å². The molecule has 0 atom stereocenters. The molecular weight excluding hydrogens is 622 g/mol. The van der Waals surface area contributed by atoms with Gasteiger partial charge in [0.1, 0.15) is 17.3 Å². The summed E-state index contributed by atoms with van der Waals surface area (Å²) in [6.45, 7) is 0.0972. The summed E-state index contributed by atoms with van der Waals surface area (Å²) < 4.78 is 114. The zero-order chi connectivity index (χ0) is 31.1. The van der Waals surface area contributed by atoms with E-state index >= 15 is 0 Å². The number of non-ortho nitro benzene ring substituents is 1. The number of likely N-dealkylation sites (tertiary alicyclic amines) is 1. The normalized spacial score (nSPS) is 15.4. The summed E-state index contributed by atoms with van der Waals surface area (Å²) in [4.78, 5) is 24.3. The molecule has 0 saturated carbocycles. The number of ether oxygens (including phenoxy) is 1. The summed E-state index contributed by atoms with van der Waals surface area (Å²) in [5, 5.41) is 11.5. The average Bonchev–Trinajstić information content (AvgIpc) is 3.23. The number of carbonyl (C=O) groups is 1. The number of nitro benzene ring substituents is 1. The van der Waals surface area contributed by atoms with Crippen molar-refractivity contribution < 1.29 is 49.2 Å². The van der Waals surface area contributed by atoms with E-state index in [1.165, 1.54) is 6.92 Å². The molecule has 1 aliphatic heterocycles. The molecule has 0 bridgehead atoms.